The minimum atomic E-state index is 0.299. The van der Waals surface area contributed by atoms with E-state index in [1.807, 2.05) is 12.3 Å². The van der Waals surface area contributed by atoms with Gasteiger partial charge in [0.15, 0.2) is 0 Å². The number of anilines is 1. The average Bonchev–Trinajstić information content (AvgIpc) is 2.29. The van der Waals surface area contributed by atoms with E-state index in [0.29, 0.717) is 11.3 Å². The molecule has 88 valence electrons. The number of rotatable bonds is 2. The summed E-state index contributed by atoms with van der Waals surface area (Å²) in [6.45, 7) is 6.38. The van der Waals surface area contributed by atoms with Gasteiger partial charge in [-0.1, -0.05) is 0 Å². The normalized spacial score (nSPS) is 19.8. The van der Waals surface area contributed by atoms with Crippen LogP contribution in [0.1, 0.15) is 25.3 Å². The van der Waals surface area contributed by atoms with Crippen LogP contribution in [0.25, 0.3) is 0 Å². The second kappa shape index (κ2) is 5.05. The van der Waals surface area contributed by atoms with Crippen molar-refractivity contribution in [1.82, 2.24) is 4.98 Å². The smallest absolute Gasteiger partial charge is 0.128 e. The van der Waals surface area contributed by atoms with Crippen LogP contribution in [0.2, 0.25) is 0 Å². The van der Waals surface area contributed by atoms with Crippen LogP contribution in [0.4, 0.5) is 5.82 Å². The molecule has 0 N–H and O–H groups in total. The van der Waals surface area contributed by atoms with Crippen LogP contribution in [0.15, 0.2) is 18.3 Å². The Morgan fingerprint density at radius 2 is 2.12 bits per heavy atom. The topological polar surface area (TPSA) is 16.1 Å². The molecule has 0 spiro atoms. The van der Waals surface area contributed by atoms with E-state index in [4.69, 9.17) is 11.6 Å². The number of hydrogen-bond acceptors (Lipinski definition) is 2. The molecule has 3 heteroatoms. The van der Waals surface area contributed by atoms with Crippen molar-refractivity contribution in [3.63, 3.8) is 0 Å². The third-order valence-electron chi connectivity index (χ3n) is 3.41. The highest BCUT2D eigenvalue weighted by Crippen LogP contribution is 2.26. The fourth-order valence-corrected chi connectivity index (χ4v) is 2.53. The third-order valence-corrected chi connectivity index (χ3v) is 3.77. The van der Waals surface area contributed by atoms with Gasteiger partial charge in [0.1, 0.15) is 5.82 Å². The summed E-state index contributed by atoms with van der Waals surface area (Å²) in [7, 11) is 0. The van der Waals surface area contributed by atoms with Crippen molar-refractivity contribution in [2.45, 2.75) is 32.1 Å². The SMILES string of the molecule is Cc1ccnc(N2CCC(C(C)Cl)CC2)c1. The molecule has 1 aliphatic rings. The number of pyridine rings is 1. The molecular weight excluding hydrogens is 220 g/mol. The van der Waals surface area contributed by atoms with Crippen LogP contribution in [-0.4, -0.2) is 23.5 Å². The molecule has 2 heterocycles. The number of alkyl halides is 1. The molecule has 1 aromatic rings. The van der Waals surface area contributed by atoms with E-state index in [2.05, 4.69) is 29.8 Å². The maximum atomic E-state index is 6.14. The van der Waals surface area contributed by atoms with Gasteiger partial charge in [-0.3, -0.25) is 0 Å². The van der Waals surface area contributed by atoms with E-state index in [-0.39, 0.29) is 0 Å². The summed E-state index contributed by atoms with van der Waals surface area (Å²) in [4.78, 5) is 6.79. The van der Waals surface area contributed by atoms with Gasteiger partial charge in [0.25, 0.3) is 0 Å². The van der Waals surface area contributed by atoms with Crippen molar-refractivity contribution < 1.29 is 0 Å². The second-order valence-corrected chi connectivity index (χ2v) is 5.38. The summed E-state index contributed by atoms with van der Waals surface area (Å²) in [5.74, 6) is 1.78. The molecule has 2 rings (SSSR count). The molecule has 0 aliphatic carbocycles. The van der Waals surface area contributed by atoms with E-state index in [1.54, 1.807) is 0 Å². The Labute approximate surface area is 103 Å². The summed E-state index contributed by atoms with van der Waals surface area (Å²) < 4.78 is 0. The van der Waals surface area contributed by atoms with Gasteiger partial charge in [0.2, 0.25) is 0 Å². The van der Waals surface area contributed by atoms with E-state index < -0.39 is 0 Å². The lowest BCUT2D eigenvalue weighted by Gasteiger charge is -2.34. The molecule has 0 aromatic carbocycles. The number of aryl methyl sites for hydroxylation is 1. The molecule has 1 aliphatic heterocycles. The van der Waals surface area contributed by atoms with Gasteiger partial charge in [-0.05, 0) is 50.3 Å². The van der Waals surface area contributed by atoms with Gasteiger partial charge in [-0.25, -0.2) is 4.98 Å². The summed E-state index contributed by atoms with van der Waals surface area (Å²) in [5.41, 5.74) is 1.28. The predicted octanol–water partition coefficient (Wildman–Crippen LogP) is 3.23. The van der Waals surface area contributed by atoms with Gasteiger partial charge in [0.05, 0.1) is 0 Å². The first kappa shape index (κ1) is 11.7. The minimum absolute atomic E-state index is 0.299. The van der Waals surface area contributed by atoms with Crippen molar-refractivity contribution in [2.24, 2.45) is 5.92 Å². The minimum Gasteiger partial charge on any atom is -0.357 e. The Bertz CT molecular complexity index is 344. The van der Waals surface area contributed by atoms with Crippen LogP contribution in [-0.2, 0) is 0 Å². The molecule has 1 unspecified atom stereocenters. The summed E-state index contributed by atoms with van der Waals surface area (Å²) in [5, 5.41) is 0.299. The number of hydrogen-bond donors (Lipinski definition) is 0. The summed E-state index contributed by atoms with van der Waals surface area (Å²) in [6, 6.07) is 4.20. The highest BCUT2D eigenvalue weighted by molar-refractivity contribution is 6.20. The predicted molar refractivity (Wildman–Crippen MR) is 69.2 cm³/mol. The molecule has 0 amide bonds. The molecule has 1 saturated heterocycles. The highest BCUT2D eigenvalue weighted by atomic mass is 35.5. The van der Waals surface area contributed by atoms with Crippen molar-refractivity contribution >= 4 is 17.4 Å². The Balaban J connectivity index is 1.99. The first-order valence-electron chi connectivity index (χ1n) is 5.98. The largest absolute Gasteiger partial charge is 0.357 e. The standard InChI is InChI=1S/C13H19ClN2/c1-10-3-6-15-13(9-10)16-7-4-12(5-8-16)11(2)14/h3,6,9,11-12H,4-5,7-8H2,1-2H3. The lowest BCUT2D eigenvalue weighted by Crippen LogP contribution is -2.36. The molecule has 2 nitrogen and oxygen atoms in total. The van der Waals surface area contributed by atoms with Gasteiger partial charge >= 0.3 is 0 Å². The van der Waals surface area contributed by atoms with E-state index in [9.17, 15) is 0 Å². The molecular formula is C13H19ClN2. The van der Waals surface area contributed by atoms with Crippen LogP contribution in [0.3, 0.4) is 0 Å². The fraction of sp³-hybridized carbons (Fsp3) is 0.615. The van der Waals surface area contributed by atoms with Crippen LogP contribution >= 0.6 is 11.6 Å². The first-order valence-corrected chi connectivity index (χ1v) is 6.42. The molecule has 0 radical (unpaired) electrons. The molecule has 1 fully saturated rings. The van der Waals surface area contributed by atoms with Crippen molar-refractivity contribution in [2.75, 3.05) is 18.0 Å². The molecule has 0 saturated carbocycles. The van der Waals surface area contributed by atoms with Crippen molar-refractivity contribution in [1.29, 1.82) is 0 Å². The maximum Gasteiger partial charge on any atom is 0.128 e. The number of aromatic nitrogens is 1. The average molecular weight is 239 g/mol. The van der Waals surface area contributed by atoms with Gasteiger partial charge in [-0.15, -0.1) is 11.6 Å². The second-order valence-electron chi connectivity index (χ2n) is 4.69. The van der Waals surface area contributed by atoms with Gasteiger partial charge < -0.3 is 4.90 Å². The molecule has 0 bridgehead atoms. The zero-order valence-corrected chi connectivity index (χ0v) is 10.7. The van der Waals surface area contributed by atoms with E-state index in [0.717, 1.165) is 18.9 Å². The number of halogens is 1. The zero-order valence-electron chi connectivity index (χ0n) is 9.99. The van der Waals surface area contributed by atoms with Crippen LogP contribution in [0, 0.1) is 12.8 Å². The summed E-state index contributed by atoms with van der Waals surface area (Å²) >= 11 is 6.14. The van der Waals surface area contributed by atoms with Crippen molar-refractivity contribution in [3.8, 4) is 0 Å². The van der Waals surface area contributed by atoms with Crippen LogP contribution < -0.4 is 4.90 Å². The highest BCUT2D eigenvalue weighted by Gasteiger charge is 2.23. The fourth-order valence-electron chi connectivity index (χ4n) is 2.28. The van der Waals surface area contributed by atoms with E-state index >= 15 is 0 Å². The summed E-state index contributed by atoms with van der Waals surface area (Å²) in [6.07, 6.45) is 4.25. The van der Waals surface area contributed by atoms with Gasteiger partial charge in [0, 0.05) is 24.7 Å². The molecule has 16 heavy (non-hydrogen) atoms. The van der Waals surface area contributed by atoms with Gasteiger partial charge in [-0.2, -0.15) is 0 Å². The first-order chi connectivity index (χ1) is 7.66. The maximum absolute atomic E-state index is 6.14. The van der Waals surface area contributed by atoms with E-state index in [1.165, 1.54) is 18.4 Å². The third kappa shape index (κ3) is 2.67. The van der Waals surface area contributed by atoms with Crippen LogP contribution in [0.5, 0.6) is 0 Å². The number of nitrogens with zero attached hydrogens (tertiary/aromatic N) is 2. The Morgan fingerprint density at radius 3 is 2.69 bits per heavy atom. The van der Waals surface area contributed by atoms with Crippen molar-refractivity contribution in [3.05, 3.63) is 23.9 Å². The zero-order chi connectivity index (χ0) is 11.5. The Kier molecular flexibility index (Phi) is 3.70. The quantitative estimate of drug-likeness (QED) is 0.736. The molecule has 1 aromatic heterocycles. The number of piperidine rings is 1. The Hall–Kier alpha value is -0.760. The lowest BCUT2D eigenvalue weighted by atomic mass is 9.94. The molecule has 1 atom stereocenters. The monoisotopic (exact) mass is 238 g/mol. The Morgan fingerprint density at radius 1 is 1.44 bits per heavy atom. The lowest BCUT2D eigenvalue weighted by molar-refractivity contribution is 0.399.